The number of aliphatic carboxylic acids is 1. The van der Waals surface area contributed by atoms with E-state index in [1.54, 1.807) is 18.6 Å². The predicted molar refractivity (Wildman–Crippen MR) is 65.5 cm³/mol. The van der Waals surface area contributed by atoms with Crippen LogP contribution in [0.1, 0.15) is 5.69 Å². The summed E-state index contributed by atoms with van der Waals surface area (Å²) in [7, 11) is 0. The maximum absolute atomic E-state index is 10.6. The lowest BCUT2D eigenvalue weighted by Gasteiger charge is -1.93. The zero-order valence-corrected chi connectivity index (χ0v) is 9.48. The third-order valence-corrected chi connectivity index (χ3v) is 2.48. The molecule has 0 atom stereocenters. The van der Waals surface area contributed by atoms with Gasteiger partial charge in [0.2, 0.25) is 0 Å². The Bertz CT molecular complexity index is 561. The van der Waals surface area contributed by atoms with E-state index in [0.29, 0.717) is 5.69 Å². The van der Waals surface area contributed by atoms with Gasteiger partial charge in [0.1, 0.15) is 5.03 Å². The quantitative estimate of drug-likeness (QED) is 0.821. The summed E-state index contributed by atoms with van der Waals surface area (Å²) in [6, 6.07) is 5.56. The molecule has 2 aromatic heterocycles. The van der Waals surface area contributed by atoms with Gasteiger partial charge >= 0.3 is 5.97 Å². The van der Waals surface area contributed by atoms with E-state index in [9.17, 15) is 4.79 Å². The predicted octanol–water partition coefficient (Wildman–Crippen LogP) is 2.74. The molecule has 0 aliphatic heterocycles. The third-order valence-electron chi connectivity index (χ3n) is 2.21. The van der Waals surface area contributed by atoms with Crippen molar-refractivity contribution < 1.29 is 9.90 Å². The van der Waals surface area contributed by atoms with Gasteiger partial charge in [0.15, 0.2) is 0 Å². The average Bonchev–Trinajstić information content (AvgIpc) is 2.78. The second-order valence-electron chi connectivity index (χ2n) is 3.38. The highest BCUT2D eigenvalue weighted by atomic mass is 35.5. The molecule has 17 heavy (non-hydrogen) atoms. The van der Waals surface area contributed by atoms with Gasteiger partial charge in [0.25, 0.3) is 0 Å². The molecule has 0 aliphatic carbocycles. The van der Waals surface area contributed by atoms with Gasteiger partial charge in [-0.25, -0.2) is 4.79 Å². The second-order valence-corrected chi connectivity index (χ2v) is 3.78. The van der Waals surface area contributed by atoms with Crippen LogP contribution in [0.2, 0.25) is 0 Å². The molecule has 0 fully saturated rings. The Morgan fingerprint density at radius 1 is 1.35 bits per heavy atom. The number of H-pyrrole nitrogens is 1. The van der Waals surface area contributed by atoms with Crippen molar-refractivity contribution in [2.24, 2.45) is 0 Å². The summed E-state index contributed by atoms with van der Waals surface area (Å²) in [5, 5.41) is 8.42. The molecule has 5 heteroatoms. The fourth-order valence-electron chi connectivity index (χ4n) is 1.40. The molecule has 0 amide bonds. The number of nitrogens with zero attached hydrogens (tertiary/aromatic N) is 1. The monoisotopic (exact) mass is 248 g/mol. The Morgan fingerprint density at radius 3 is 2.71 bits per heavy atom. The fourth-order valence-corrected chi connectivity index (χ4v) is 1.52. The molecule has 86 valence electrons. The largest absolute Gasteiger partial charge is 0.477 e. The van der Waals surface area contributed by atoms with Gasteiger partial charge in [-0.05, 0) is 35.4 Å². The fraction of sp³-hybridized carbons (Fsp3) is 0. The first-order chi connectivity index (χ1) is 8.16. The van der Waals surface area contributed by atoms with Crippen molar-refractivity contribution in [3.8, 4) is 11.1 Å². The van der Waals surface area contributed by atoms with Crippen molar-refractivity contribution in [2.45, 2.75) is 0 Å². The highest BCUT2D eigenvalue weighted by Crippen LogP contribution is 2.20. The molecule has 0 saturated heterocycles. The highest BCUT2D eigenvalue weighted by molar-refractivity contribution is 6.42. The van der Waals surface area contributed by atoms with E-state index >= 15 is 0 Å². The summed E-state index contributed by atoms with van der Waals surface area (Å²) in [6.07, 6.45) is 6.55. The number of carboxylic acids is 1. The van der Waals surface area contributed by atoms with Crippen molar-refractivity contribution in [1.29, 1.82) is 0 Å². The maximum atomic E-state index is 10.6. The van der Waals surface area contributed by atoms with Crippen LogP contribution < -0.4 is 0 Å². The molecule has 2 aromatic rings. The number of carboxylic acid groups (broad SMARTS) is 1. The summed E-state index contributed by atoms with van der Waals surface area (Å²) in [5.41, 5.74) is 2.60. The molecular weight excluding hydrogens is 240 g/mol. The lowest BCUT2D eigenvalue weighted by molar-refractivity contribution is -0.131. The van der Waals surface area contributed by atoms with Crippen molar-refractivity contribution in [1.82, 2.24) is 9.97 Å². The molecular formula is C12H9ClN2O2. The van der Waals surface area contributed by atoms with Crippen molar-refractivity contribution >= 4 is 23.6 Å². The number of carbonyl (C=O) groups is 1. The van der Waals surface area contributed by atoms with Crippen molar-refractivity contribution in [3.05, 3.63) is 47.5 Å². The van der Waals surface area contributed by atoms with Crippen LogP contribution in [0.4, 0.5) is 0 Å². The molecule has 0 aromatic carbocycles. The number of hydrogen-bond acceptors (Lipinski definition) is 2. The molecule has 0 saturated carbocycles. The van der Waals surface area contributed by atoms with E-state index in [1.165, 1.54) is 6.08 Å². The topological polar surface area (TPSA) is 66.0 Å². The molecule has 4 nitrogen and oxygen atoms in total. The molecule has 0 radical (unpaired) electrons. The number of pyridine rings is 1. The second kappa shape index (κ2) is 4.84. The summed E-state index contributed by atoms with van der Waals surface area (Å²) in [5.74, 6) is -1.15. The van der Waals surface area contributed by atoms with Gasteiger partial charge in [-0.15, -0.1) is 0 Å². The number of hydrogen-bond donors (Lipinski definition) is 2. The molecule has 0 spiro atoms. The summed E-state index contributed by atoms with van der Waals surface area (Å²) < 4.78 is 0. The van der Waals surface area contributed by atoms with E-state index in [0.717, 1.165) is 11.1 Å². The van der Waals surface area contributed by atoms with Crippen LogP contribution in [0.15, 0.2) is 41.8 Å². The van der Waals surface area contributed by atoms with E-state index in [2.05, 4.69) is 9.97 Å². The summed E-state index contributed by atoms with van der Waals surface area (Å²) in [6.45, 7) is 0. The maximum Gasteiger partial charge on any atom is 0.347 e. The van der Waals surface area contributed by atoms with Gasteiger partial charge < -0.3 is 10.1 Å². The minimum atomic E-state index is -1.15. The number of rotatable bonds is 3. The van der Waals surface area contributed by atoms with Crippen molar-refractivity contribution in [2.75, 3.05) is 0 Å². The van der Waals surface area contributed by atoms with Gasteiger partial charge in [0.05, 0.1) is 0 Å². The Kier molecular flexibility index (Phi) is 3.25. The van der Waals surface area contributed by atoms with Crippen LogP contribution >= 0.6 is 11.6 Å². The van der Waals surface area contributed by atoms with E-state index in [4.69, 9.17) is 16.7 Å². The zero-order valence-electron chi connectivity index (χ0n) is 8.72. The van der Waals surface area contributed by atoms with E-state index < -0.39 is 5.97 Å². The lowest BCUT2D eigenvalue weighted by atomic mass is 10.1. The molecule has 0 bridgehead atoms. The van der Waals surface area contributed by atoms with E-state index in [-0.39, 0.29) is 5.03 Å². The van der Waals surface area contributed by atoms with Crippen molar-refractivity contribution in [3.63, 3.8) is 0 Å². The first-order valence-corrected chi connectivity index (χ1v) is 5.24. The standard InChI is InChI=1S/C12H9ClN2O2/c13-11(12(16)17)6-10-5-9(7-15-10)8-1-3-14-4-2-8/h1-7,15H,(H,16,17). The minimum absolute atomic E-state index is 0.229. The SMILES string of the molecule is O=C(O)C(Cl)=Cc1cc(-c2ccncc2)c[nH]1. The van der Waals surface area contributed by atoms with Gasteiger partial charge in [-0.3, -0.25) is 4.98 Å². The minimum Gasteiger partial charge on any atom is -0.477 e. The number of nitrogens with one attached hydrogen (secondary N) is 1. The van der Waals surface area contributed by atoms with Crippen LogP contribution in [0.5, 0.6) is 0 Å². The number of aromatic amines is 1. The molecule has 0 aliphatic rings. The smallest absolute Gasteiger partial charge is 0.347 e. The normalized spacial score (nSPS) is 11.5. The van der Waals surface area contributed by atoms with Crippen LogP contribution in [0.25, 0.3) is 17.2 Å². The van der Waals surface area contributed by atoms with Crippen LogP contribution in [-0.2, 0) is 4.79 Å². The number of aromatic nitrogens is 2. The van der Waals surface area contributed by atoms with Gasteiger partial charge in [-0.2, -0.15) is 0 Å². The first kappa shape index (κ1) is 11.4. The Balaban J connectivity index is 2.29. The van der Waals surface area contributed by atoms with Crippen LogP contribution in [0.3, 0.4) is 0 Å². The molecule has 2 heterocycles. The first-order valence-electron chi connectivity index (χ1n) is 4.86. The molecule has 0 unspecified atom stereocenters. The molecule has 2 rings (SSSR count). The molecule has 2 N–H and O–H groups in total. The van der Waals surface area contributed by atoms with Gasteiger partial charge in [0, 0.05) is 24.3 Å². The summed E-state index contributed by atoms with van der Waals surface area (Å²) >= 11 is 5.54. The van der Waals surface area contributed by atoms with Gasteiger partial charge in [-0.1, -0.05) is 11.6 Å². The Labute approximate surface area is 103 Å². The Hall–Kier alpha value is -2.07. The highest BCUT2D eigenvalue weighted by Gasteiger charge is 2.05. The lowest BCUT2D eigenvalue weighted by Crippen LogP contribution is -1.92. The third kappa shape index (κ3) is 2.73. The van der Waals surface area contributed by atoms with Crippen LogP contribution in [-0.4, -0.2) is 21.0 Å². The zero-order chi connectivity index (χ0) is 12.3. The van der Waals surface area contributed by atoms with E-state index in [1.807, 2.05) is 18.2 Å². The number of halogens is 1. The summed E-state index contributed by atoms with van der Waals surface area (Å²) in [4.78, 5) is 17.4. The Morgan fingerprint density at radius 2 is 2.06 bits per heavy atom. The van der Waals surface area contributed by atoms with Crippen LogP contribution in [0, 0.1) is 0 Å². The average molecular weight is 249 g/mol.